The molecule has 7 heteroatoms. The normalized spacial score (nSPS) is 14.8. The number of halogens is 2. The number of hydrogen-bond donors (Lipinski definition) is 2. The molecule has 2 N–H and O–H groups in total. The number of nitrogens with one attached hydrogen (secondary N) is 1. The zero-order valence-corrected chi connectivity index (χ0v) is 14.8. The first-order chi connectivity index (χ1) is 9.52. The lowest BCUT2D eigenvalue weighted by Gasteiger charge is -2.28. The van der Waals surface area contributed by atoms with Crippen molar-refractivity contribution in [3.05, 3.63) is 33.5 Å². The Bertz CT molecular complexity index is 534. The van der Waals surface area contributed by atoms with Gasteiger partial charge in [0.2, 0.25) is 0 Å². The van der Waals surface area contributed by atoms with Crippen LogP contribution < -0.4 is 4.72 Å². The van der Waals surface area contributed by atoms with E-state index in [-0.39, 0.29) is 12.0 Å². The van der Waals surface area contributed by atoms with Gasteiger partial charge >= 0.3 is 5.97 Å². The van der Waals surface area contributed by atoms with Gasteiger partial charge in [-0.2, -0.15) is 0 Å². The number of rotatable bonds is 5. The molecule has 21 heavy (non-hydrogen) atoms. The number of carbonyl (C=O) groups is 1. The fourth-order valence-corrected chi connectivity index (χ4v) is 3.11. The van der Waals surface area contributed by atoms with Crippen LogP contribution in [0.3, 0.4) is 0 Å². The molecule has 1 aromatic rings. The van der Waals surface area contributed by atoms with Crippen molar-refractivity contribution >= 4 is 33.3 Å². The standard InChI is InChI=1S/C14H19BrFNO3S/c1-8-5-9(15)6-10(13(8)16)11(7-12(18)19)17-21(20)14(2,3)4/h5-6,11,17H,7H2,1-4H3,(H,18,19)/t11-,21+/m0/s1. The SMILES string of the molecule is Cc1cc(Br)cc([C@H](CC(=O)O)N[S@+]([O-])C(C)(C)C)c1F. The van der Waals surface area contributed by atoms with Crippen LogP contribution in [0.25, 0.3) is 0 Å². The minimum absolute atomic E-state index is 0.196. The van der Waals surface area contributed by atoms with Crippen molar-refractivity contribution in [1.82, 2.24) is 4.72 Å². The number of aliphatic carboxylic acids is 1. The second kappa shape index (κ2) is 7.09. The van der Waals surface area contributed by atoms with Gasteiger partial charge in [0.1, 0.15) is 10.6 Å². The van der Waals surface area contributed by atoms with Crippen LogP contribution in [0.5, 0.6) is 0 Å². The smallest absolute Gasteiger partial charge is 0.305 e. The molecule has 0 aliphatic heterocycles. The molecule has 0 amide bonds. The van der Waals surface area contributed by atoms with E-state index in [4.69, 9.17) is 5.11 Å². The first-order valence-electron chi connectivity index (χ1n) is 6.37. The summed E-state index contributed by atoms with van der Waals surface area (Å²) in [5.41, 5.74) is 0.597. The number of hydrogen-bond acceptors (Lipinski definition) is 3. The molecule has 0 aliphatic carbocycles. The largest absolute Gasteiger partial charge is 0.598 e. The van der Waals surface area contributed by atoms with Gasteiger partial charge in [0.25, 0.3) is 0 Å². The van der Waals surface area contributed by atoms with E-state index in [9.17, 15) is 13.7 Å². The molecule has 0 radical (unpaired) electrons. The molecule has 0 spiro atoms. The molecule has 0 saturated heterocycles. The second-order valence-corrected chi connectivity index (χ2v) is 8.69. The van der Waals surface area contributed by atoms with Crippen molar-refractivity contribution in [1.29, 1.82) is 0 Å². The van der Waals surface area contributed by atoms with E-state index < -0.39 is 33.9 Å². The van der Waals surface area contributed by atoms with Crippen molar-refractivity contribution < 1.29 is 18.8 Å². The summed E-state index contributed by atoms with van der Waals surface area (Å²) in [6.45, 7) is 6.88. The zero-order valence-electron chi connectivity index (χ0n) is 12.4. The predicted molar refractivity (Wildman–Crippen MR) is 84.9 cm³/mol. The van der Waals surface area contributed by atoms with Gasteiger partial charge in [0, 0.05) is 21.4 Å². The van der Waals surface area contributed by atoms with Crippen molar-refractivity contribution in [2.75, 3.05) is 0 Å². The molecule has 4 nitrogen and oxygen atoms in total. The zero-order chi connectivity index (χ0) is 16.4. The molecule has 1 rings (SSSR count). The second-order valence-electron chi connectivity index (χ2n) is 5.78. The maximum absolute atomic E-state index is 14.3. The molecule has 2 atom stereocenters. The lowest BCUT2D eigenvalue weighted by atomic mass is 10.0. The summed E-state index contributed by atoms with van der Waals surface area (Å²) >= 11 is 1.77. The third-order valence-electron chi connectivity index (χ3n) is 2.81. The molecule has 0 unspecified atom stereocenters. The van der Waals surface area contributed by atoms with Crippen molar-refractivity contribution in [3.8, 4) is 0 Å². The third kappa shape index (κ3) is 5.25. The van der Waals surface area contributed by atoms with Gasteiger partial charge in [-0.3, -0.25) is 4.79 Å². The number of carboxylic acid groups (broad SMARTS) is 1. The number of benzene rings is 1. The molecule has 0 fully saturated rings. The Balaban J connectivity index is 3.17. The molecule has 0 heterocycles. The number of carboxylic acids is 1. The summed E-state index contributed by atoms with van der Waals surface area (Å²) in [6.07, 6.45) is -0.353. The summed E-state index contributed by atoms with van der Waals surface area (Å²) in [7, 11) is 0. The molecular formula is C14H19BrFNO3S. The summed E-state index contributed by atoms with van der Waals surface area (Å²) in [4.78, 5) is 11.0. The average Bonchev–Trinajstić information content (AvgIpc) is 2.31. The highest BCUT2D eigenvalue weighted by atomic mass is 79.9. The Kier molecular flexibility index (Phi) is 6.22. The topological polar surface area (TPSA) is 72.4 Å². The third-order valence-corrected chi connectivity index (χ3v) is 4.88. The van der Waals surface area contributed by atoms with E-state index in [1.54, 1.807) is 33.8 Å². The first-order valence-corrected chi connectivity index (χ1v) is 8.32. The molecule has 0 aromatic heterocycles. The van der Waals surface area contributed by atoms with Crippen LogP contribution in [0.4, 0.5) is 4.39 Å². The summed E-state index contributed by atoms with van der Waals surface area (Å²) in [5.74, 6) is -1.57. The van der Waals surface area contributed by atoms with Gasteiger partial charge in [-0.15, -0.1) is 4.72 Å². The first kappa shape index (κ1) is 18.4. The maximum atomic E-state index is 14.3. The van der Waals surface area contributed by atoms with Crippen LogP contribution in [-0.2, 0) is 16.2 Å². The average molecular weight is 380 g/mol. The minimum Gasteiger partial charge on any atom is -0.598 e. The van der Waals surface area contributed by atoms with Crippen molar-refractivity contribution in [3.63, 3.8) is 0 Å². The highest BCUT2D eigenvalue weighted by molar-refractivity contribution is 9.10. The van der Waals surface area contributed by atoms with Gasteiger partial charge in [0.05, 0.1) is 12.5 Å². The highest BCUT2D eigenvalue weighted by Crippen LogP contribution is 2.29. The van der Waals surface area contributed by atoms with Gasteiger partial charge in [-0.05, 0) is 45.4 Å². The van der Waals surface area contributed by atoms with E-state index in [1.807, 2.05) is 0 Å². The van der Waals surface area contributed by atoms with Gasteiger partial charge < -0.3 is 9.66 Å². The van der Waals surface area contributed by atoms with E-state index in [2.05, 4.69) is 20.7 Å². The maximum Gasteiger partial charge on any atom is 0.305 e. The number of aryl methyl sites for hydroxylation is 1. The van der Waals surface area contributed by atoms with E-state index >= 15 is 0 Å². The summed E-state index contributed by atoms with van der Waals surface area (Å²) in [5, 5.41) is 9.02. The van der Waals surface area contributed by atoms with Crippen LogP contribution in [0.1, 0.15) is 44.4 Å². The van der Waals surface area contributed by atoms with Gasteiger partial charge in [-0.1, -0.05) is 15.9 Å². The molecular weight excluding hydrogens is 361 g/mol. The van der Waals surface area contributed by atoms with Gasteiger partial charge in [0.15, 0.2) is 0 Å². The Labute approximate surface area is 135 Å². The Hall–Kier alpha value is -0.630. The quantitative estimate of drug-likeness (QED) is 0.768. The Morgan fingerprint density at radius 1 is 1.52 bits per heavy atom. The van der Waals surface area contributed by atoms with E-state index in [0.29, 0.717) is 10.0 Å². The van der Waals surface area contributed by atoms with Gasteiger partial charge in [-0.25, -0.2) is 4.39 Å². The highest BCUT2D eigenvalue weighted by Gasteiger charge is 2.32. The van der Waals surface area contributed by atoms with Crippen LogP contribution in [0, 0.1) is 12.7 Å². The summed E-state index contributed by atoms with van der Waals surface area (Å²) in [6, 6.07) is 2.26. The summed E-state index contributed by atoms with van der Waals surface area (Å²) < 4.78 is 29.3. The van der Waals surface area contributed by atoms with Crippen molar-refractivity contribution in [2.24, 2.45) is 0 Å². The predicted octanol–water partition coefficient (Wildman–Crippen LogP) is 3.46. The lowest BCUT2D eigenvalue weighted by molar-refractivity contribution is -0.137. The molecule has 118 valence electrons. The lowest BCUT2D eigenvalue weighted by Crippen LogP contribution is -2.42. The Morgan fingerprint density at radius 3 is 2.57 bits per heavy atom. The van der Waals surface area contributed by atoms with Crippen LogP contribution in [-0.4, -0.2) is 20.4 Å². The van der Waals surface area contributed by atoms with Crippen LogP contribution in [0.15, 0.2) is 16.6 Å². The minimum atomic E-state index is -1.50. The fraction of sp³-hybridized carbons (Fsp3) is 0.500. The van der Waals surface area contributed by atoms with E-state index in [0.717, 1.165) is 0 Å². The van der Waals surface area contributed by atoms with Crippen LogP contribution in [0.2, 0.25) is 0 Å². The van der Waals surface area contributed by atoms with Crippen LogP contribution >= 0.6 is 15.9 Å². The monoisotopic (exact) mass is 379 g/mol. The molecule has 0 saturated carbocycles. The fourth-order valence-electron chi connectivity index (χ4n) is 1.70. The molecule has 0 bridgehead atoms. The Morgan fingerprint density at radius 2 is 2.10 bits per heavy atom. The van der Waals surface area contributed by atoms with E-state index in [1.165, 1.54) is 6.07 Å². The molecule has 0 aliphatic rings. The molecule has 1 aromatic carbocycles. The van der Waals surface area contributed by atoms with Crippen molar-refractivity contribution in [2.45, 2.75) is 44.9 Å².